The first-order valence-electron chi connectivity index (χ1n) is 5.29. The Balaban J connectivity index is 2.05. The predicted octanol–water partition coefficient (Wildman–Crippen LogP) is 2.20. The van der Waals surface area contributed by atoms with Crippen LogP contribution >= 0.6 is 0 Å². The average molecular weight is 170 g/mol. The molecule has 0 radical (unpaired) electrons. The highest BCUT2D eigenvalue weighted by Gasteiger charge is 2.13. The van der Waals surface area contributed by atoms with E-state index in [1.165, 1.54) is 44.9 Å². The average Bonchev–Trinajstić information content (AvgIpc) is 2.16. The first-order chi connectivity index (χ1) is 5.83. The maximum absolute atomic E-state index is 5.34. The van der Waals surface area contributed by atoms with Crippen molar-refractivity contribution >= 4 is 0 Å². The monoisotopic (exact) mass is 170 g/mol. The molecule has 0 heterocycles. The number of hydrogen-bond donors (Lipinski definition) is 2. The zero-order chi connectivity index (χ0) is 8.81. The van der Waals surface area contributed by atoms with Crippen LogP contribution in [0.4, 0.5) is 0 Å². The zero-order valence-corrected chi connectivity index (χ0v) is 8.18. The Bertz CT molecular complexity index is 108. The summed E-state index contributed by atoms with van der Waals surface area (Å²) < 4.78 is 0. The van der Waals surface area contributed by atoms with E-state index < -0.39 is 0 Å². The van der Waals surface area contributed by atoms with Gasteiger partial charge in [0.15, 0.2) is 0 Å². The van der Waals surface area contributed by atoms with Gasteiger partial charge in [0, 0.05) is 6.04 Å². The molecule has 2 heteroatoms. The van der Waals surface area contributed by atoms with E-state index in [1.54, 1.807) is 0 Å². The Morgan fingerprint density at radius 2 is 2.00 bits per heavy atom. The summed E-state index contributed by atoms with van der Waals surface area (Å²) in [7, 11) is 0. The van der Waals surface area contributed by atoms with Crippen molar-refractivity contribution in [3.8, 4) is 0 Å². The van der Waals surface area contributed by atoms with Gasteiger partial charge in [-0.15, -0.1) is 0 Å². The molecule has 0 bridgehead atoms. The molecular formula is C10H22N2. The minimum absolute atomic E-state index is 0.493. The lowest BCUT2D eigenvalue weighted by molar-refractivity contribution is 0.318. The minimum atomic E-state index is 0.493. The highest BCUT2D eigenvalue weighted by molar-refractivity contribution is 4.68. The van der Waals surface area contributed by atoms with Crippen LogP contribution in [-0.4, -0.2) is 6.04 Å². The maximum atomic E-state index is 5.34. The zero-order valence-electron chi connectivity index (χ0n) is 8.18. The molecule has 3 N–H and O–H groups in total. The highest BCUT2D eigenvalue weighted by atomic mass is 15.2. The van der Waals surface area contributed by atoms with Gasteiger partial charge < -0.3 is 0 Å². The summed E-state index contributed by atoms with van der Waals surface area (Å²) in [6, 6.07) is 0.493. The van der Waals surface area contributed by atoms with Crippen LogP contribution in [-0.2, 0) is 0 Å². The first-order valence-corrected chi connectivity index (χ1v) is 5.29. The molecule has 0 saturated heterocycles. The van der Waals surface area contributed by atoms with Gasteiger partial charge in [0.05, 0.1) is 0 Å². The van der Waals surface area contributed by atoms with E-state index in [0.29, 0.717) is 6.04 Å². The van der Waals surface area contributed by atoms with Crippen LogP contribution in [0.2, 0.25) is 0 Å². The predicted molar refractivity (Wildman–Crippen MR) is 52.6 cm³/mol. The van der Waals surface area contributed by atoms with Crippen LogP contribution in [0.5, 0.6) is 0 Å². The molecule has 1 unspecified atom stereocenters. The molecule has 0 amide bonds. The summed E-state index contributed by atoms with van der Waals surface area (Å²) in [6.07, 6.45) is 9.88. The van der Waals surface area contributed by atoms with Crippen molar-refractivity contribution in [1.29, 1.82) is 0 Å². The molecule has 0 aromatic rings. The van der Waals surface area contributed by atoms with Crippen molar-refractivity contribution in [3.05, 3.63) is 0 Å². The smallest absolute Gasteiger partial charge is 0.0182 e. The molecule has 2 nitrogen and oxygen atoms in total. The number of hydrogen-bond acceptors (Lipinski definition) is 2. The van der Waals surface area contributed by atoms with Crippen molar-refractivity contribution in [2.45, 2.75) is 57.9 Å². The topological polar surface area (TPSA) is 38.0 Å². The third-order valence-corrected chi connectivity index (χ3v) is 3.02. The van der Waals surface area contributed by atoms with Gasteiger partial charge in [0.2, 0.25) is 0 Å². The third-order valence-electron chi connectivity index (χ3n) is 3.02. The SMILES string of the molecule is CC(CCC1CCCCC1)NN. The molecule has 12 heavy (non-hydrogen) atoms. The lowest BCUT2D eigenvalue weighted by atomic mass is 9.85. The normalized spacial score (nSPS) is 22.5. The molecule has 0 aromatic heterocycles. The molecular weight excluding hydrogens is 148 g/mol. The standard InChI is InChI=1S/C10H22N2/c1-9(12-11)7-8-10-5-3-2-4-6-10/h9-10,12H,2-8,11H2,1H3. The lowest BCUT2D eigenvalue weighted by Crippen LogP contribution is -2.32. The van der Waals surface area contributed by atoms with Crippen LogP contribution in [0.1, 0.15) is 51.9 Å². The van der Waals surface area contributed by atoms with E-state index in [-0.39, 0.29) is 0 Å². The highest BCUT2D eigenvalue weighted by Crippen LogP contribution is 2.27. The van der Waals surface area contributed by atoms with Gasteiger partial charge in [-0.25, -0.2) is 0 Å². The van der Waals surface area contributed by atoms with Crippen molar-refractivity contribution in [3.63, 3.8) is 0 Å². The molecule has 1 atom stereocenters. The van der Waals surface area contributed by atoms with Crippen molar-refractivity contribution in [2.75, 3.05) is 0 Å². The van der Waals surface area contributed by atoms with Crippen LogP contribution < -0.4 is 11.3 Å². The molecule has 1 rings (SSSR count). The molecule has 0 aromatic carbocycles. The van der Waals surface area contributed by atoms with E-state index in [1.807, 2.05) is 0 Å². The summed E-state index contributed by atoms with van der Waals surface area (Å²) in [5, 5.41) is 0. The van der Waals surface area contributed by atoms with Crippen LogP contribution in [0.15, 0.2) is 0 Å². The summed E-state index contributed by atoms with van der Waals surface area (Å²) in [4.78, 5) is 0. The fourth-order valence-corrected chi connectivity index (χ4v) is 2.04. The molecule has 1 aliphatic rings. The molecule has 72 valence electrons. The largest absolute Gasteiger partial charge is 0.271 e. The third kappa shape index (κ3) is 3.55. The fraction of sp³-hybridized carbons (Fsp3) is 1.00. The van der Waals surface area contributed by atoms with Crippen LogP contribution in [0.25, 0.3) is 0 Å². The Kier molecular flexibility index (Phi) is 4.62. The van der Waals surface area contributed by atoms with Gasteiger partial charge in [-0.1, -0.05) is 32.1 Å². The van der Waals surface area contributed by atoms with Gasteiger partial charge in [0.1, 0.15) is 0 Å². The Labute approximate surface area is 75.9 Å². The van der Waals surface area contributed by atoms with E-state index in [0.717, 1.165) is 5.92 Å². The van der Waals surface area contributed by atoms with E-state index in [4.69, 9.17) is 5.84 Å². The lowest BCUT2D eigenvalue weighted by Gasteiger charge is -2.22. The Hall–Kier alpha value is -0.0800. The number of rotatable bonds is 4. The number of nitrogens with two attached hydrogens (primary N) is 1. The van der Waals surface area contributed by atoms with Crippen molar-refractivity contribution in [2.24, 2.45) is 11.8 Å². The second kappa shape index (κ2) is 5.55. The van der Waals surface area contributed by atoms with Gasteiger partial charge >= 0.3 is 0 Å². The molecule has 0 aliphatic heterocycles. The summed E-state index contributed by atoms with van der Waals surface area (Å²) in [6.45, 7) is 2.16. The van der Waals surface area contributed by atoms with Gasteiger partial charge in [-0.05, 0) is 25.7 Å². The first kappa shape index (κ1) is 10.0. The summed E-state index contributed by atoms with van der Waals surface area (Å²) >= 11 is 0. The number of nitrogens with one attached hydrogen (secondary N) is 1. The second-order valence-electron chi connectivity index (χ2n) is 4.15. The van der Waals surface area contributed by atoms with E-state index >= 15 is 0 Å². The van der Waals surface area contributed by atoms with Gasteiger partial charge in [0.25, 0.3) is 0 Å². The maximum Gasteiger partial charge on any atom is 0.0182 e. The van der Waals surface area contributed by atoms with Crippen LogP contribution in [0.3, 0.4) is 0 Å². The minimum Gasteiger partial charge on any atom is -0.271 e. The van der Waals surface area contributed by atoms with Gasteiger partial charge in [-0.2, -0.15) is 0 Å². The summed E-state index contributed by atoms with van der Waals surface area (Å²) in [5.74, 6) is 6.33. The summed E-state index contributed by atoms with van der Waals surface area (Å²) in [5.41, 5.74) is 2.80. The van der Waals surface area contributed by atoms with Gasteiger partial charge in [-0.3, -0.25) is 11.3 Å². The Morgan fingerprint density at radius 1 is 1.33 bits per heavy atom. The number of hydrazine groups is 1. The molecule has 1 fully saturated rings. The fourth-order valence-electron chi connectivity index (χ4n) is 2.04. The van der Waals surface area contributed by atoms with Crippen molar-refractivity contribution < 1.29 is 0 Å². The van der Waals surface area contributed by atoms with E-state index in [2.05, 4.69) is 12.3 Å². The van der Waals surface area contributed by atoms with Crippen molar-refractivity contribution in [1.82, 2.24) is 5.43 Å². The quantitative estimate of drug-likeness (QED) is 0.501. The Morgan fingerprint density at radius 3 is 2.58 bits per heavy atom. The molecule has 1 aliphatic carbocycles. The second-order valence-corrected chi connectivity index (χ2v) is 4.15. The molecule has 1 saturated carbocycles. The molecule has 0 spiro atoms. The van der Waals surface area contributed by atoms with Crippen LogP contribution in [0, 0.1) is 5.92 Å². The van der Waals surface area contributed by atoms with E-state index in [9.17, 15) is 0 Å².